The third-order valence-corrected chi connectivity index (χ3v) is 6.58. The van der Waals surface area contributed by atoms with Gasteiger partial charge in [0.1, 0.15) is 29.2 Å². The number of carbonyl (C=O) groups is 1. The number of para-hydroxylation sites is 1. The van der Waals surface area contributed by atoms with Gasteiger partial charge in [-0.05, 0) is 56.2 Å². The Morgan fingerprint density at radius 2 is 1.80 bits per heavy atom. The van der Waals surface area contributed by atoms with E-state index in [0.29, 0.717) is 18.8 Å². The Morgan fingerprint density at radius 1 is 1.03 bits per heavy atom. The van der Waals surface area contributed by atoms with E-state index >= 15 is 0 Å². The van der Waals surface area contributed by atoms with Crippen molar-refractivity contribution in [1.29, 1.82) is 0 Å². The first-order valence-corrected chi connectivity index (χ1v) is 11.5. The zero-order chi connectivity index (χ0) is 24.6. The minimum atomic E-state index is -0.546. The van der Waals surface area contributed by atoms with Crippen LogP contribution in [0.15, 0.2) is 60.9 Å². The Bertz CT molecular complexity index is 1300. The molecule has 1 saturated heterocycles. The van der Waals surface area contributed by atoms with Crippen molar-refractivity contribution in [3.05, 3.63) is 66.5 Å². The van der Waals surface area contributed by atoms with Gasteiger partial charge in [0.05, 0.1) is 26.0 Å². The fourth-order valence-corrected chi connectivity index (χ4v) is 4.75. The number of rotatable bonds is 6. The van der Waals surface area contributed by atoms with Crippen molar-refractivity contribution in [3.63, 3.8) is 0 Å². The van der Waals surface area contributed by atoms with E-state index in [-0.39, 0.29) is 12.1 Å². The van der Waals surface area contributed by atoms with Crippen LogP contribution in [0.4, 0.5) is 16.3 Å². The first-order valence-electron chi connectivity index (χ1n) is 11.5. The van der Waals surface area contributed by atoms with Gasteiger partial charge in [-0.3, -0.25) is 4.90 Å². The smallest absolute Gasteiger partial charge is 0.411 e. The molecule has 1 N–H and O–H groups in total. The van der Waals surface area contributed by atoms with E-state index in [9.17, 15) is 4.79 Å². The minimum absolute atomic E-state index is 0.0263. The summed E-state index contributed by atoms with van der Waals surface area (Å²) >= 11 is 0. The van der Waals surface area contributed by atoms with Gasteiger partial charge in [0.25, 0.3) is 0 Å². The first kappa shape index (κ1) is 22.7. The van der Waals surface area contributed by atoms with Gasteiger partial charge in [-0.1, -0.05) is 18.2 Å². The Hall–Kier alpha value is -4.07. The molecule has 35 heavy (non-hydrogen) atoms. The second-order valence-electron chi connectivity index (χ2n) is 9.10. The average molecular weight is 473 g/mol. The highest BCUT2D eigenvalue weighted by atomic mass is 16.6. The molecule has 8 heteroatoms. The quantitative estimate of drug-likeness (QED) is 0.522. The van der Waals surface area contributed by atoms with Gasteiger partial charge in [0, 0.05) is 29.4 Å². The predicted molar refractivity (Wildman–Crippen MR) is 134 cm³/mol. The molecule has 0 saturated carbocycles. The molecule has 3 heterocycles. The zero-order valence-corrected chi connectivity index (χ0v) is 20.2. The summed E-state index contributed by atoms with van der Waals surface area (Å²) in [6, 6.07) is 15.6. The molecule has 1 atom stereocenters. The molecule has 5 rings (SSSR count). The summed E-state index contributed by atoms with van der Waals surface area (Å²) < 4.78 is 16.7. The van der Waals surface area contributed by atoms with E-state index < -0.39 is 5.60 Å². The number of cyclic esters (lactones) is 1. The number of aromatic nitrogens is 2. The van der Waals surface area contributed by atoms with Crippen molar-refractivity contribution in [1.82, 2.24) is 14.9 Å². The summed E-state index contributed by atoms with van der Waals surface area (Å²) in [6.07, 6.45) is 4.04. The largest absolute Gasteiger partial charge is 0.496 e. The van der Waals surface area contributed by atoms with Gasteiger partial charge < -0.3 is 19.5 Å². The molecule has 3 aromatic rings. The SMILES string of the molecule is COc1ccc(Nc2cc(-c3ccccc3OC)ncn2)cc1C1=CCN2C(=O)OC(C)(C)C2C1. The van der Waals surface area contributed by atoms with Crippen LogP contribution >= 0.6 is 0 Å². The van der Waals surface area contributed by atoms with E-state index in [2.05, 4.69) is 27.4 Å². The fraction of sp³-hybridized carbons (Fsp3) is 0.296. The van der Waals surface area contributed by atoms with Crippen molar-refractivity contribution in [3.8, 4) is 22.8 Å². The highest BCUT2D eigenvalue weighted by molar-refractivity contribution is 5.80. The third-order valence-electron chi connectivity index (χ3n) is 6.58. The molecule has 1 unspecified atom stereocenters. The van der Waals surface area contributed by atoms with Gasteiger partial charge in [-0.25, -0.2) is 14.8 Å². The lowest BCUT2D eigenvalue weighted by molar-refractivity contribution is 0.0685. The number of ether oxygens (including phenoxy) is 3. The maximum absolute atomic E-state index is 12.2. The number of hydrogen-bond acceptors (Lipinski definition) is 7. The summed E-state index contributed by atoms with van der Waals surface area (Å²) in [5.41, 5.74) is 4.07. The van der Waals surface area contributed by atoms with Gasteiger partial charge in [0.2, 0.25) is 0 Å². The Kier molecular flexibility index (Phi) is 5.80. The van der Waals surface area contributed by atoms with Crippen LogP contribution in [0.25, 0.3) is 16.8 Å². The topological polar surface area (TPSA) is 85.8 Å². The normalized spacial score (nSPS) is 18.4. The maximum atomic E-state index is 12.2. The monoisotopic (exact) mass is 472 g/mol. The number of nitrogens with zero attached hydrogens (tertiary/aromatic N) is 3. The van der Waals surface area contributed by atoms with Crippen molar-refractivity contribution in [2.75, 3.05) is 26.1 Å². The zero-order valence-electron chi connectivity index (χ0n) is 20.2. The molecule has 2 aliphatic rings. The summed E-state index contributed by atoms with van der Waals surface area (Å²) in [6.45, 7) is 4.43. The fourth-order valence-electron chi connectivity index (χ4n) is 4.75. The van der Waals surface area contributed by atoms with E-state index in [1.54, 1.807) is 19.1 Å². The van der Waals surface area contributed by atoms with Gasteiger partial charge in [-0.15, -0.1) is 0 Å². The molecule has 1 fully saturated rings. The molecule has 0 radical (unpaired) electrons. The molecule has 2 aromatic carbocycles. The molecule has 0 aliphatic carbocycles. The maximum Gasteiger partial charge on any atom is 0.411 e. The standard InChI is InChI=1S/C27H28N4O4/c1-27(2)24-13-17(11-12-31(24)26(32)35-27)20-14-18(9-10-23(20)34-4)30-25-15-21(28-16-29-25)19-7-5-6-8-22(19)33-3/h5-11,14-16,24H,12-13H2,1-4H3,(H,28,29,30). The third kappa shape index (κ3) is 4.27. The average Bonchev–Trinajstić information content (AvgIpc) is 3.11. The van der Waals surface area contributed by atoms with Crippen molar-refractivity contribution in [2.45, 2.75) is 31.9 Å². The lowest BCUT2D eigenvalue weighted by Gasteiger charge is -2.33. The number of benzene rings is 2. The highest BCUT2D eigenvalue weighted by Gasteiger charge is 2.48. The van der Waals surface area contributed by atoms with E-state index in [0.717, 1.165) is 39.6 Å². The number of nitrogens with one attached hydrogen (secondary N) is 1. The summed E-state index contributed by atoms with van der Waals surface area (Å²) in [7, 11) is 3.31. The molecule has 180 valence electrons. The van der Waals surface area contributed by atoms with Crippen molar-refractivity contribution >= 4 is 23.2 Å². The van der Waals surface area contributed by atoms with Crippen LogP contribution in [-0.4, -0.2) is 53.4 Å². The number of hydrogen-bond donors (Lipinski definition) is 1. The number of methoxy groups -OCH3 is 2. The predicted octanol–water partition coefficient (Wildman–Crippen LogP) is 5.29. The first-order chi connectivity index (χ1) is 16.9. The Labute approximate surface area is 204 Å². The molecular formula is C27H28N4O4. The Balaban J connectivity index is 1.44. The summed E-state index contributed by atoms with van der Waals surface area (Å²) in [5.74, 6) is 2.19. The van der Waals surface area contributed by atoms with Crippen LogP contribution < -0.4 is 14.8 Å². The van der Waals surface area contributed by atoms with E-state index in [1.165, 1.54) is 6.33 Å². The van der Waals surface area contributed by atoms with Crippen LogP contribution in [0.5, 0.6) is 11.5 Å². The van der Waals surface area contributed by atoms with Crippen molar-refractivity contribution in [2.24, 2.45) is 0 Å². The van der Waals surface area contributed by atoms with Crippen molar-refractivity contribution < 1.29 is 19.0 Å². The van der Waals surface area contributed by atoms with Gasteiger partial charge in [-0.2, -0.15) is 0 Å². The summed E-state index contributed by atoms with van der Waals surface area (Å²) in [4.78, 5) is 22.9. The van der Waals surface area contributed by atoms with Crippen LogP contribution in [0.1, 0.15) is 25.8 Å². The number of carbonyl (C=O) groups excluding carboxylic acids is 1. The number of fused-ring (bicyclic) bond motifs is 1. The number of amides is 1. The molecule has 1 aromatic heterocycles. The van der Waals surface area contributed by atoms with Gasteiger partial charge >= 0.3 is 6.09 Å². The van der Waals surface area contributed by atoms with Crippen LogP contribution in [0.2, 0.25) is 0 Å². The second kappa shape index (κ2) is 8.94. The molecular weight excluding hydrogens is 444 g/mol. The number of anilines is 2. The molecule has 2 aliphatic heterocycles. The second-order valence-corrected chi connectivity index (χ2v) is 9.10. The highest BCUT2D eigenvalue weighted by Crippen LogP contribution is 2.41. The molecule has 8 nitrogen and oxygen atoms in total. The van der Waals surface area contributed by atoms with Crippen LogP contribution in [0, 0.1) is 0 Å². The lowest BCUT2D eigenvalue weighted by atomic mass is 9.86. The van der Waals surface area contributed by atoms with E-state index in [4.69, 9.17) is 14.2 Å². The molecule has 1 amide bonds. The minimum Gasteiger partial charge on any atom is -0.496 e. The van der Waals surface area contributed by atoms with Crippen LogP contribution in [-0.2, 0) is 4.74 Å². The lowest BCUT2D eigenvalue weighted by Crippen LogP contribution is -2.43. The summed E-state index contributed by atoms with van der Waals surface area (Å²) in [5, 5.41) is 3.39. The Morgan fingerprint density at radius 3 is 2.60 bits per heavy atom. The van der Waals surface area contributed by atoms with Gasteiger partial charge in [0.15, 0.2) is 0 Å². The van der Waals surface area contributed by atoms with E-state index in [1.807, 2.05) is 56.3 Å². The molecule has 0 spiro atoms. The molecule has 0 bridgehead atoms. The van der Waals surface area contributed by atoms with Crippen LogP contribution in [0.3, 0.4) is 0 Å².